The molecule has 0 fully saturated rings. The molecular weight excluding hydrogens is 398 g/mol. The Morgan fingerprint density at radius 3 is 2.58 bits per heavy atom. The molecule has 1 amide bonds. The van der Waals surface area contributed by atoms with E-state index in [1.807, 2.05) is 26.8 Å². The van der Waals surface area contributed by atoms with Crippen LogP contribution in [0, 0.1) is 20.8 Å². The Hall–Kier alpha value is -2.67. The van der Waals surface area contributed by atoms with Gasteiger partial charge in [0, 0.05) is 16.2 Å². The van der Waals surface area contributed by atoms with E-state index in [0.717, 1.165) is 27.1 Å². The Kier molecular flexibility index (Phi) is 5.37. The van der Waals surface area contributed by atoms with E-state index in [0.29, 0.717) is 23.7 Å². The summed E-state index contributed by atoms with van der Waals surface area (Å²) in [5.74, 6) is 1.70. The molecule has 0 saturated heterocycles. The summed E-state index contributed by atoms with van der Waals surface area (Å²) in [6.07, 6.45) is 1.66. The molecule has 2 aromatic heterocycles. The number of anilines is 1. The minimum absolute atomic E-state index is 0.225. The van der Waals surface area contributed by atoms with E-state index < -0.39 is 0 Å². The summed E-state index contributed by atoms with van der Waals surface area (Å²) in [6.45, 7) is 6.03. The predicted molar refractivity (Wildman–Crippen MR) is 101 cm³/mol. The molecule has 3 aromatic rings. The van der Waals surface area contributed by atoms with E-state index in [1.165, 1.54) is 0 Å². The zero-order valence-electron chi connectivity index (χ0n) is 14.7. The molecule has 0 saturated carbocycles. The van der Waals surface area contributed by atoms with Crippen molar-refractivity contribution in [3.8, 4) is 5.75 Å². The van der Waals surface area contributed by atoms with Gasteiger partial charge in [-0.15, -0.1) is 0 Å². The van der Waals surface area contributed by atoms with Gasteiger partial charge in [-0.3, -0.25) is 4.79 Å². The fourth-order valence-corrected chi connectivity index (χ4v) is 2.58. The molecule has 0 radical (unpaired) electrons. The number of rotatable bonds is 5. The number of amides is 1. The monoisotopic (exact) mass is 415 g/mol. The first-order valence-electron chi connectivity index (χ1n) is 8.02. The third kappa shape index (κ3) is 4.11. The molecule has 0 unspecified atom stereocenters. The lowest BCUT2D eigenvalue weighted by atomic mass is 10.2. The minimum atomic E-state index is -0.225. The standard InChI is InChI=1S/C19H18BrN3O3/c1-11-8-18(21-9-17(11)20)22-19(24)14-4-6-15(7-5-14)25-10-16-12(2)23-26-13(16)3/h4-9H,10H2,1-3H3,(H,21,22,24). The number of ether oxygens (including phenoxy) is 1. The molecule has 0 bridgehead atoms. The number of hydrogen-bond donors (Lipinski definition) is 1. The van der Waals surface area contributed by atoms with Crippen LogP contribution >= 0.6 is 15.9 Å². The molecule has 0 aliphatic carbocycles. The van der Waals surface area contributed by atoms with Crippen molar-refractivity contribution in [3.05, 3.63) is 69.1 Å². The van der Waals surface area contributed by atoms with Crippen molar-refractivity contribution in [2.75, 3.05) is 5.32 Å². The van der Waals surface area contributed by atoms with Gasteiger partial charge in [0.25, 0.3) is 5.91 Å². The van der Waals surface area contributed by atoms with Crippen molar-refractivity contribution in [1.29, 1.82) is 0 Å². The zero-order valence-corrected chi connectivity index (χ0v) is 16.3. The number of carbonyl (C=O) groups is 1. The molecule has 2 heterocycles. The van der Waals surface area contributed by atoms with Crippen LogP contribution in [0.25, 0.3) is 0 Å². The van der Waals surface area contributed by atoms with Gasteiger partial charge in [-0.1, -0.05) is 5.16 Å². The van der Waals surface area contributed by atoms with Crippen LogP contribution in [0.5, 0.6) is 5.75 Å². The van der Waals surface area contributed by atoms with Crippen molar-refractivity contribution < 1.29 is 14.1 Å². The van der Waals surface area contributed by atoms with Gasteiger partial charge in [0.2, 0.25) is 0 Å². The van der Waals surface area contributed by atoms with E-state index in [-0.39, 0.29) is 5.91 Å². The lowest BCUT2D eigenvalue weighted by Crippen LogP contribution is -2.13. The molecule has 0 aliphatic heterocycles. The van der Waals surface area contributed by atoms with Gasteiger partial charge < -0.3 is 14.6 Å². The minimum Gasteiger partial charge on any atom is -0.489 e. The first-order valence-corrected chi connectivity index (χ1v) is 8.81. The number of pyridine rings is 1. The Morgan fingerprint density at radius 2 is 1.96 bits per heavy atom. The summed E-state index contributed by atoms with van der Waals surface area (Å²) in [5.41, 5.74) is 3.27. The highest BCUT2D eigenvalue weighted by Gasteiger charge is 2.11. The van der Waals surface area contributed by atoms with Gasteiger partial charge in [-0.25, -0.2) is 4.98 Å². The van der Waals surface area contributed by atoms with Gasteiger partial charge in [0.15, 0.2) is 0 Å². The quantitative estimate of drug-likeness (QED) is 0.659. The topological polar surface area (TPSA) is 77.2 Å². The van der Waals surface area contributed by atoms with Crippen molar-refractivity contribution in [2.24, 2.45) is 0 Å². The molecule has 0 atom stereocenters. The van der Waals surface area contributed by atoms with E-state index in [1.54, 1.807) is 30.5 Å². The Morgan fingerprint density at radius 1 is 1.23 bits per heavy atom. The number of aromatic nitrogens is 2. The number of nitrogens with one attached hydrogen (secondary N) is 1. The van der Waals surface area contributed by atoms with Crippen LogP contribution < -0.4 is 10.1 Å². The highest BCUT2D eigenvalue weighted by atomic mass is 79.9. The molecule has 7 heteroatoms. The molecule has 3 rings (SSSR count). The Bertz CT molecular complexity index is 916. The highest BCUT2D eigenvalue weighted by molar-refractivity contribution is 9.10. The second kappa shape index (κ2) is 7.70. The smallest absolute Gasteiger partial charge is 0.256 e. The maximum absolute atomic E-state index is 12.3. The number of aryl methyl sites for hydroxylation is 3. The first kappa shape index (κ1) is 18.1. The largest absolute Gasteiger partial charge is 0.489 e. The van der Waals surface area contributed by atoms with Crippen molar-refractivity contribution in [1.82, 2.24) is 10.1 Å². The normalized spacial score (nSPS) is 10.6. The average molecular weight is 416 g/mol. The second-order valence-electron chi connectivity index (χ2n) is 5.89. The van der Waals surface area contributed by atoms with Crippen molar-refractivity contribution >= 4 is 27.7 Å². The Labute approximate surface area is 159 Å². The Balaban J connectivity index is 1.63. The summed E-state index contributed by atoms with van der Waals surface area (Å²) in [6, 6.07) is 8.75. The summed E-state index contributed by atoms with van der Waals surface area (Å²) in [4.78, 5) is 16.5. The molecule has 0 spiro atoms. The fourth-order valence-electron chi connectivity index (χ4n) is 2.36. The zero-order chi connectivity index (χ0) is 18.7. The van der Waals surface area contributed by atoms with Gasteiger partial charge in [-0.2, -0.15) is 0 Å². The van der Waals surface area contributed by atoms with E-state index in [4.69, 9.17) is 9.26 Å². The maximum atomic E-state index is 12.3. The third-order valence-corrected chi connectivity index (χ3v) is 4.80. The lowest BCUT2D eigenvalue weighted by Gasteiger charge is -2.08. The first-order chi connectivity index (χ1) is 12.4. The van der Waals surface area contributed by atoms with E-state index >= 15 is 0 Å². The number of hydrogen-bond acceptors (Lipinski definition) is 5. The van der Waals surface area contributed by atoms with Gasteiger partial charge in [-0.05, 0) is 72.6 Å². The average Bonchev–Trinajstić information content (AvgIpc) is 2.95. The van der Waals surface area contributed by atoms with E-state index in [2.05, 4.69) is 31.4 Å². The van der Waals surface area contributed by atoms with Crippen molar-refractivity contribution in [2.45, 2.75) is 27.4 Å². The van der Waals surface area contributed by atoms with Gasteiger partial charge in [0.05, 0.1) is 11.3 Å². The van der Waals surface area contributed by atoms with E-state index in [9.17, 15) is 4.79 Å². The second-order valence-corrected chi connectivity index (χ2v) is 6.74. The number of halogens is 1. The molecular formula is C19H18BrN3O3. The van der Waals surface area contributed by atoms with Crippen LogP contribution in [0.4, 0.5) is 5.82 Å². The summed E-state index contributed by atoms with van der Waals surface area (Å²) < 4.78 is 11.8. The fraction of sp³-hybridized carbons (Fsp3) is 0.211. The van der Waals surface area contributed by atoms with Crippen LogP contribution in [-0.4, -0.2) is 16.0 Å². The summed E-state index contributed by atoms with van der Waals surface area (Å²) in [5, 5.41) is 6.68. The molecule has 6 nitrogen and oxygen atoms in total. The summed E-state index contributed by atoms with van der Waals surface area (Å²) >= 11 is 3.39. The maximum Gasteiger partial charge on any atom is 0.256 e. The molecule has 1 N–H and O–H groups in total. The van der Waals surface area contributed by atoms with Gasteiger partial charge in [0.1, 0.15) is 23.9 Å². The van der Waals surface area contributed by atoms with Gasteiger partial charge >= 0.3 is 0 Å². The molecule has 134 valence electrons. The highest BCUT2D eigenvalue weighted by Crippen LogP contribution is 2.20. The van der Waals surface area contributed by atoms with Crippen LogP contribution in [0.1, 0.15) is 32.9 Å². The molecule has 26 heavy (non-hydrogen) atoms. The van der Waals surface area contributed by atoms with Crippen LogP contribution in [0.2, 0.25) is 0 Å². The SMILES string of the molecule is Cc1cc(NC(=O)c2ccc(OCc3c(C)noc3C)cc2)ncc1Br. The van der Waals surface area contributed by atoms with Crippen LogP contribution in [0.3, 0.4) is 0 Å². The predicted octanol–water partition coefficient (Wildman–Crippen LogP) is 4.59. The number of benzene rings is 1. The number of nitrogens with zero attached hydrogens (tertiary/aromatic N) is 2. The third-order valence-electron chi connectivity index (χ3n) is 3.97. The summed E-state index contributed by atoms with van der Waals surface area (Å²) in [7, 11) is 0. The lowest BCUT2D eigenvalue weighted by molar-refractivity contribution is 0.102. The number of carbonyl (C=O) groups excluding carboxylic acids is 1. The molecule has 0 aliphatic rings. The van der Waals surface area contributed by atoms with Crippen molar-refractivity contribution in [3.63, 3.8) is 0 Å². The van der Waals surface area contributed by atoms with Crippen LogP contribution in [-0.2, 0) is 6.61 Å². The van der Waals surface area contributed by atoms with Crippen LogP contribution in [0.15, 0.2) is 45.5 Å². The molecule has 1 aromatic carbocycles.